The van der Waals surface area contributed by atoms with Crippen LogP contribution < -0.4 is 0 Å². The standard InChI is InChI=1S/C21H31N3O3/c1-23(14-17-7-6-11-22-13-17)15-18-8-12-24(16-18)19(25)21(20(26)27)9-4-2-3-5-10-21/h6-7,11,13,18H,2-5,8-10,12,14-16H2,1H3,(H,26,27). The summed E-state index contributed by atoms with van der Waals surface area (Å²) in [5, 5.41) is 9.86. The predicted molar refractivity (Wildman–Crippen MR) is 103 cm³/mol. The molecule has 1 N–H and O–H groups in total. The number of aliphatic carboxylic acids is 1. The van der Waals surface area contributed by atoms with Gasteiger partial charge in [0.1, 0.15) is 5.41 Å². The number of nitrogens with zero attached hydrogens (tertiary/aromatic N) is 3. The van der Waals surface area contributed by atoms with E-state index in [1.807, 2.05) is 17.2 Å². The van der Waals surface area contributed by atoms with Crippen molar-refractivity contribution < 1.29 is 14.7 Å². The van der Waals surface area contributed by atoms with Crippen molar-refractivity contribution in [1.29, 1.82) is 0 Å². The highest BCUT2D eigenvalue weighted by Gasteiger charge is 2.49. The Bertz CT molecular complexity index is 641. The molecule has 0 radical (unpaired) electrons. The highest BCUT2D eigenvalue weighted by molar-refractivity contribution is 6.02. The minimum Gasteiger partial charge on any atom is -0.480 e. The maximum absolute atomic E-state index is 13.2. The largest absolute Gasteiger partial charge is 0.480 e. The zero-order valence-corrected chi connectivity index (χ0v) is 16.3. The summed E-state index contributed by atoms with van der Waals surface area (Å²) < 4.78 is 0. The molecule has 0 spiro atoms. The van der Waals surface area contributed by atoms with Crippen LogP contribution in [0.15, 0.2) is 24.5 Å². The van der Waals surface area contributed by atoms with Crippen molar-refractivity contribution in [1.82, 2.24) is 14.8 Å². The van der Waals surface area contributed by atoms with E-state index in [9.17, 15) is 14.7 Å². The normalized spacial score (nSPS) is 22.6. The molecular weight excluding hydrogens is 342 g/mol. The topological polar surface area (TPSA) is 73.7 Å². The number of hydrogen-bond donors (Lipinski definition) is 1. The van der Waals surface area contributed by atoms with Gasteiger partial charge in [0.05, 0.1) is 0 Å². The third kappa shape index (κ3) is 4.67. The summed E-state index contributed by atoms with van der Waals surface area (Å²) >= 11 is 0. The number of carboxylic acid groups (broad SMARTS) is 1. The Morgan fingerprint density at radius 3 is 2.67 bits per heavy atom. The van der Waals surface area contributed by atoms with Gasteiger partial charge < -0.3 is 14.9 Å². The van der Waals surface area contributed by atoms with Gasteiger partial charge in [-0.15, -0.1) is 0 Å². The van der Waals surface area contributed by atoms with Crippen molar-refractivity contribution in [2.75, 3.05) is 26.7 Å². The molecule has 1 aliphatic heterocycles. The van der Waals surface area contributed by atoms with Gasteiger partial charge in [-0.1, -0.05) is 31.7 Å². The highest BCUT2D eigenvalue weighted by Crippen LogP contribution is 2.38. The third-order valence-electron chi connectivity index (χ3n) is 6.09. The Morgan fingerprint density at radius 2 is 2.04 bits per heavy atom. The number of hydrogen-bond acceptors (Lipinski definition) is 4. The van der Waals surface area contributed by atoms with Crippen LogP contribution in [0.1, 0.15) is 50.5 Å². The second kappa shape index (κ2) is 8.83. The first kappa shape index (κ1) is 19.8. The predicted octanol–water partition coefficient (Wildman–Crippen LogP) is 2.79. The Balaban J connectivity index is 1.57. The molecule has 1 saturated heterocycles. The smallest absolute Gasteiger partial charge is 0.319 e. The van der Waals surface area contributed by atoms with E-state index in [4.69, 9.17) is 0 Å². The maximum Gasteiger partial charge on any atom is 0.319 e. The van der Waals surface area contributed by atoms with E-state index in [1.54, 1.807) is 6.20 Å². The lowest BCUT2D eigenvalue weighted by atomic mass is 9.79. The monoisotopic (exact) mass is 373 g/mol. The van der Waals surface area contributed by atoms with Gasteiger partial charge >= 0.3 is 5.97 Å². The first-order valence-electron chi connectivity index (χ1n) is 10.1. The van der Waals surface area contributed by atoms with Gasteiger partial charge in [0.15, 0.2) is 0 Å². The third-order valence-corrected chi connectivity index (χ3v) is 6.09. The summed E-state index contributed by atoms with van der Waals surface area (Å²) in [6.45, 7) is 3.08. The summed E-state index contributed by atoms with van der Waals surface area (Å²) in [6, 6.07) is 4.01. The van der Waals surface area contributed by atoms with E-state index >= 15 is 0 Å². The molecule has 1 aromatic rings. The summed E-state index contributed by atoms with van der Waals surface area (Å²) in [5.74, 6) is -0.673. The van der Waals surface area contributed by atoms with E-state index in [0.717, 1.165) is 45.2 Å². The summed E-state index contributed by atoms with van der Waals surface area (Å²) in [5.41, 5.74) is -0.0123. The Labute approximate surface area is 161 Å². The molecule has 6 heteroatoms. The molecule has 0 bridgehead atoms. The van der Waals surface area contributed by atoms with Crippen molar-refractivity contribution in [3.8, 4) is 0 Å². The molecule has 1 aliphatic carbocycles. The number of aromatic nitrogens is 1. The van der Waals surface area contributed by atoms with Gasteiger partial charge in [-0.25, -0.2) is 0 Å². The van der Waals surface area contributed by atoms with Crippen LogP contribution in [0.25, 0.3) is 0 Å². The molecule has 1 amide bonds. The van der Waals surface area contributed by atoms with E-state index in [-0.39, 0.29) is 5.91 Å². The maximum atomic E-state index is 13.2. The number of carbonyl (C=O) groups is 2. The molecule has 1 atom stereocenters. The molecule has 2 fully saturated rings. The van der Waals surface area contributed by atoms with E-state index < -0.39 is 11.4 Å². The zero-order chi connectivity index (χ0) is 19.3. The SMILES string of the molecule is CN(Cc1cccnc1)CC1CCN(C(=O)C2(C(=O)O)CCCCCC2)C1. The fourth-order valence-electron chi connectivity index (χ4n) is 4.63. The van der Waals surface area contributed by atoms with Crippen LogP contribution in [0, 0.1) is 11.3 Å². The lowest BCUT2D eigenvalue weighted by Gasteiger charge is -2.31. The summed E-state index contributed by atoms with van der Waals surface area (Å²) in [6.07, 6.45) is 9.31. The molecule has 148 valence electrons. The molecule has 1 saturated carbocycles. The van der Waals surface area contributed by atoms with Crippen LogP contribution in [0.5, 0.6) is 0 Å². The number of carbonyl (C=O) groups excluding carboxylic acids is 1. The van der Waals surface area contributed by atoms with Crippen LogP contribution in [0.3, 0.4) is 0 Å². The summed E-state index contributed by atoms with van der Waals surface area (Å²) in [7, 11) is 2.08. The summed E-state index contributed by atoms with van der Waals surface area (Å²) in [4.78, 5) is 33.4. The van der Waals surface area contributed by atoms with Crippen molar-refractivity contribution in [2.24, 2.45) is 11.3 Å². The van der Waals surface area contributed by atoms with Crippen molar-refractivity contribution >= 4 is 11.9 Å². The van der Waals surface area contributed by atoms with Gasteiger partial charge in [-0.2, -0.15) is 0 Å². The van der Waals surface area contributed by atoms with Crippen molar-refractivity contribution in [3.63, 3.8) is 0 Å². The van der Waals surface area contributed by atoms with Crippen LogP contribution in [-0.2, 0) is 16.1 Å². The minimum absolute atomic E-state index is 0.144. The molecular formula is C21H31N3O3. The lowest BCUT2D eigenvalue weighted by molar-refractivity contribution is -0.161. The number of likely N-dealkylation sites (tertiary alicyclic amines) is 1. The van der Waals surface area contributed by atoms with Crippen LogP contribution in [-0.4, -0.2) is 58.4 Å². The van der Waals surface area contributed by atoms with Gasteiger partial charge in [0, 0.05) is 38.6 Å². The highest BCUT2D eigenvalue weighted by atomic mass is 16.4. The Kier molecular flexibility index (Phi) is 6.47. The van der Waals surface area contributed by atoms with Gasteiger partial charge in [0.2, 0.25) is 5.91 Å². The number of carboxylic acids is 1. The van der Waals surface area contributed by atoms with Crippen LogP contribution >= 0.6 is 0 Å². The van der Waals surface area contributed by atoms with Gasteiger partial charge in [-0.05, 0) is 43.9 Å². The Morgan fingerprint density at radius 1 is 1.30 bits per heavy atom. The second-order valence-corrected chi connectivity index (χ2v) is 8.27. The number of pyridine rings is 1. The molecule has 6 nitrogen and oxygen atoms in total. The van der Waals surface area contributed by atoms with Gasteiger partial charge in [-0.3, -0.25) is 14.6 Å². The Hall–Kier alpha value is -1.95. The first-order chi connectivity index (χ1) is 13.0. The van der Waals surface area contributed by atoms with E-state index in [1.165, 1.54) is 5.56 Å². The van der Waals surface area contributed by atoms with Crippen LogP contribution in [0.2, 0.25) is 0 Å². The van der Waals surface area contributed by atoms with E-state index in [0.29, 0.717) is 31.8 Å². The minimum atomic E-state index is -1.19. The molecule has 1 aromatic heterocycles. The zero-order valence-electron chi connectivity index (χ0n) is 16.3. The quantitative estimate of drug-likeness (QED) is 0.613. The molecule has 2 heterocycles. The molecule has 1 unspecified atom stereocenters. The average Bonchev–Trinajstić information content (AvgIpc) is 2.96. The molecule has 27 heavy (non-hydrogen) atoms. The van der Waals surface area contributed by atoms with Gasteiger partial charge in [0.25, 0.3) is 0 Å². The molecule has 2 aliphatic rings. The first-order valence-corrected chi connectivity index (χ1v) is 10.1. The molecule has 0 aromatic carbocycles. The fourth-order valence-corrected chi connectivity index (χ4v) is 4.63. The van der Waals surface area contributed by atoms with Crippen LogP contribution in [0.4, 0.5) is 0 Å². The molecule has 3 rings (SSSR count). The van der Waals surface area contributed by atoms with Crippen molar-refractivity contribution in [2.45, 2.75) is 51.5 Å². The van der Waals surface area contributed by atoms with Crippen molar-refractivity contribution in [3.05, 3.63) is 30.1 Å². The van der Waals surface area contributed by atoms with E-state index in [2.05, 4.69) is 23.0 Å². The lowest BCUT2D eigenvalue weighted by Crippen LogP contribution is -2.48. The number of rotatable bonds is 6. The number of amides is 1. The average molecular weight is 373 g/mol. The fraction of sp³-hybridized carbons (Fsp3) is 0.667. The second-order valence-electron chi connectivity index (χ2n) is 8.27.